The summed E-state index contributed by atoms with van der Waals surface area (Å²) in [5, 5.41) is 7.35. The summed E-state index contributed by atoms with van der Waals surface area (Å²) < 4.78 is 26.4. The fraction of sp³-hybridized carbons (Fsp3) is 0.231. The third-order valence-corrected chi connectivity index (χ3v) is 3.66. The van der Waals surface area contributed by atoms with Gasteiger partial charge in [0, 0.05) is 5.02 Å². The standard InChI is InChI=1S/C13H12ClF2NS/c1-2-17-13(8-3-4-18-7-8)9-5-11(15)12(16)6-10(9)14/h3-7,13,17H,2H2,1H3. The van der Waals surface area contributed by atoms with E-state index in [1.807, 2.05) is 23.8 Å². The maximum atomic E-state index is 13.3. The van der Waals surface area contributed by atoms with Crippen LogP contribution in [0.4, 0.5) is 8.78 Å². The number of halogens is 3. The number of thiophene rings is 1. The highest BCUT2D eigenvalue weighted by Crippen LogP contribution is 2.31. The lowest BCUT2D eigenvalue weighted by Gasteiger charge is -2.19. The molecular weight excluding hydrogens is 276 g/mol. The lowest BCUT2D eigenvalue weighted by molar-refractivity contribution is 0.504. The van der Waals surface area contributed by atoms with Crippen LogP contribution >= 0.6 is 22.9 Å². The number of hydrogen-bond donors (Lipinski definition) is 1. The van der Waals surface area contributed by atoms with Crippen LogP contribution in [0.15, 0.2) is 29.0 Å². The molecule has 1 atom stereocenters. The Bertz CT molecular complexity index is 528. The Balaban J connectivity index is 2.46. The molecule has 0 amide bonds. The molecule has 2 rings (SSSR count). The highest BCUT2D eigenvalue weighted by Gasteiger charge is 2.19. The van der Waals surface area contributed by atoms with Crippen LogP contribution < -0.4 is 5.32 Å². The molecule has 1 aromatic heterocycles. The zero-order valence-electron chi connectivity index (χ0n) is 9.71. The minimum absolute atomic E-state index is 0.219. The molecule has 0 bridgehead atoms. The van der Waals surface area contributed by atoms with Gasteiger partial charge in [0.25, 0.3) is 0 Å². The number of nitrogens with one attached hydrogen (secondary N) is 1. The number of hydrogen-bond acceptors (Lipinski definition) is 2. The first-order valence-electron chi connectivity index (χ1n) is 5.53. The molecule has 0 aliphatic carbocycles. The third kappa shape index (κ3) is 2.71. The molecule has 1 nitrogen and oxygen atoms in total. The molecule has 1 N–H and O–H groups in total. The van der Waals surface area contributed by atoms with Crippen LogP contribution in [0.2, 0.25) is 5.02 Å². The van der Waals surface area contributed by atoms with Crippen LogP contribution in [0.3, 0.4) is 0 Å². The summed E-state index contributed by atoms with van der Waals surface area (Å²) in [5.41, 5.74) is 1.55. The van der Waals surface area contributed by atoms with Crippen molar-refractivity contribution in [2.24, 2.45) is 0 Å². The predicted molar refractivity (Wildman–Crippen MR) is 71.2 cm³/mol. The van der Waals surface area contributed by atoms with Crippen LogP contribution in [0.1, 0.15) is 24.1 Å². The molecule has 1 aromatic carbocycles. The Labute approximate surface area is 113 Å². The van der Waals surface area contributed by atoms with E-state index in [9.17, 15) is 8.78 Å². The Kier molecular flexibility index (Phi) is 4.32. The van der Waals surface area contributed by atoms with Gasteiger partial charge < -0.3 is 5.32 Å². The van der Waals surface area contributed by atoms with E-state index in [1.165, 1.54) is 0 Å². The average molecular weight is 288 g/mol. The van der Waals surface area contributed by atoms with Crippen molar-refractivity contribution in [3.8, 4) is 0 Å². The van der Waals surface area contributed by atoms with Gasteiger partial charge in [0.15, 0.2) is 11.6 Å². The quantitative estimate of drug-likeness (QED) is 0.823. The van der Waals surface area contributed by atoms with Gasteiger partial charge in [-0.15, -0.1) is 0 Å². The molecule has 0 aliphatic rings. The maximum Gasteiger partial charge on any atom is 0.160 e. The van der Waals surface area contributed by atoms with Crippen molar-refractivity contribution in [3.05, 3.63) is 56.7 Å². The van der Waals surface area contributed by atoms with Gasteiger partial charge in [-0.25, -0.2) is 8.78 Å². The van der Waals surface area contributed by atoms with Crippen molar-refractivity contribution in [2.75, 3.05) is 6.54 Å². The van der Waals surface area contributed by atoms with Crippen LogP contribution in [0.5, 0.6) is 0 Å². The largest absolute Gasteiger partial charge is 0.306 e. The first kappa shape index (κ1) is 13.5. The lowest BCUT2D eigenvalue weighted by Crippen LogP contribution is -2.22. The smallest absolute Gasteiger partial charge is 0.160 e. The first-order chi connectivity index (χ1) is 8.63. The molecular formula is C13H12ClF2NS. The first-order valence-corrected chi connectivity index (χ1v) is 6.85. The van der Waals surface area contributed by atoms with E-state index >= 15 is 0 Å². The highest BCUT2D eigenvalue weighted by atomic mass is 35.5. The molecule has 1 unspecified atom stereocenters. The van der Waals surface area contributed by atoms with Crippen LogP contribution in [0.25, 0.3) is 0 Å². The maximum absolute atomic E-state index is 13.3. The zero-order chi connectivity index (χ0) is 13.1. The summed E-state index contributed by atoms with van der Waals surface area (Å²) in [5.74, 6) is -1.81. The van der Waals surface area contributed by atoms with Crippen molar-refractivity contribution < 1.29 is 8.78 Å². The minimum Gasteiger partial charge on any atom is -0.306 e. The van der Waals surface area contributed by atoms with E-state index in [4.69, 9.17) is 11.6 Å². The fourth-order valence-electron chi connectivity index (χ4n) is 1.81. The van der Waals surface area contributed by atoms with Crippen LogP contribution in [-0.4, -0.2) is 6.54 Å². The summed E-state index contributed by atoms with van der Waals surface area (Å²) in [6.45, 7) is 2.66. The molecule has 0 aliphatic heterocycles. The molecule has 5 heteroatoms. The Morgan fingerprint density at radius 3 is 2.67 bits per heavy atom. The fourth-order valence-corrected chi connectivity index (χ4v) is 2.76. The number of rotatable bonds is 4. The molecule has 0 saturated heterocycles. The van der Waals surface area contributed by atoms with E-state index < -0.39 is 11.6 Å². The molecule has 18 heavy (non-hydrogen) atoms. The molecule has 0 radical (unpaired) electrons. The normalized spacial score (nSPS) is 12.7. The summed E-state index contributed by atoms with van der Waals surface area (Å²) in [6.07, 6.45) is 0. The van der Waals surface area contributed by atoms with E-state index in [0.29, 0.717) is 12.1 Å². The van der Waals surface area contributed by atoms with Gasteiger partial charge in [0.2, 0.25) is 0 Å². The molecule has 1 heterocycles. The van der Waals surface area contributed by atoms with Crippen molar-refractivity contribution in [1.29, 1.82) is 0 Å². The van der Waals surface area contributed by atoms with Crippen molar-refractivity contribution in [3.63, 3.8) is 0 Å². The zero-order valence-corrected chi connectivity index (χ0v) is 11.3. The van der Waals surface area contributed by atoms with Gasteiger partial charge in [0.05, 0.1) is 6.04 Å². The summed E-state index contributed by atoms with van der Waals surface area (Å²) in [4.78, 5) is 0. The van der Waals surface area contributed by atoms with Gasteiger partial charge >= 0.3 is 0 Å². The summed E-state index contributed by atoms with van der Waals surface area (Å²) in [7, 11) is 0. The second kappa shape index (κ2) is 5.78. The van der Waals surface area contributed by atoms with Crippen molar-refractivity contribution in [2.45, 2.75) is 13.0 Å². The van der Waals surface area contributed by atoms with Crippen molar-refractivity contribution >= 4 is 22.9 Å². The third-order valence-electron chi connectivity index (χ3n) is 2.64. The second-order valence-corrected chi connectivity index (χ2v) is 5.02. The van der Waals surface area contributed by atoms with E-state index in [-0.39, 0.29) is 11.1 Å². The van der Waals surface area contributed by atoms with Gasteiger partial charge in [-0.2, -0.15) is 11.3 Å². The predicted octanol–water partition coefficient (Wildman–Crippen LogP) is 4.38. The Hall–Kier alpha value is -0.970. The Morgan fingerprint density at radius 1 is 1.33 bits per heavy atom. The number of benzene rings is 1. The van der Waals surface area contributed by atoms with E-state index in [2.05, 4.69) is 5.32 Å². The van der Waals surface area contributed by atoms with Crippen LogP contribution in [0, 0.1) is 11.6 Å². The highest BCUT2D eigenvalue weighted by molar-refractivity contribution is 7.08. The van der Waals surface area contributed by atoms with Crippen LogP contribution in [-0.2, 0) is 0 Å². The molecule has 2 aromatic rings. The van der Waals surface area contributed by atoms with Crippen molar-refractivity contribution in [1.82, 2.24) is 5.32 Å². The minimum atomic E-state index is -0.927. The monoisotopic (exact) mass is 287 g/mol. The summed E-state index contributed by atoms with van der Waals surface area (Å²) >= 11 is 7.56. The molecule has 0 spiro atoms. The van der Waals surface area contributed by atoms with Gasteiger partial charge in [-0.3, -0.25) is 0 Å². The second-order valence-electron chi connectivity index (χ2n) is 3.84. The van der Waals surface area contributed by atoms with Gasteiger partial charge in [-0.05, 0) is 46.6 Å². The summed E-state index contributed by atoms with van der Waals surface area (Å²) in [6, 6.07) is 3.89. The van der Waals surface area contributed by atoms with Gasteiger partial charge in [-0.1, -0.05) is 18.5 Å². The Morgan fingerprint density at radius 2 is 2.06 bits per heavy atom. The lowest BCUT2D eigenvalue weighted by atomic mass is 10.0. The molecule has 0 fully saturated rings. The van der Waals surface area contributed by atoms with E-state index in [1.54, 1.807) is 11.3 Å². The topological polar surface area (TPSA) is 12.0 Å². The van der Waals surface area contributed by atoms with E-state index in [0.717, 1.165) is 17.7 Å². The average Bonchev–Trinajstić information content (AvgIpc) is 2.85. The SMILES string of the molecule is CCNC(c1ccsc1)c1cc(F)c(F)cc1Cl. The molecule has 96 valence electrons. The van der Waals surface area contributed by atoms with Gasteiger partial charge in [0.1, 0.15) is 0 Å². The molecule has 0 saturated carbocycles.